The number of ether oxygens (including phenoxy) is 1. The van der Waals surface area contributed by atoms with Crippen molar-refractivity contribution in [1.82, 2.24) is 5.43 Å². The van der Waals surface area contributed by atoms with Crippen LogP contribution in [-0.4, -0.2) is 7.11 Å². The number of halogens is 1. The van der Waals surface area contributed by atoms with Crippen molar-refractivity contribution < 1.29 is 9.13 Å². The Labute approximate surface area is 82.0 Å². The minimum atomic E-state index is -0.648. The van der Waals surface area contributed by atoms with E-state index < -0.39 is 11.9 Å². The first kappa shape index (κ1) is 10.5. The molecule has 74 valence electrons. The van der Waals surface area contributed by atoms with Gasteiger partial charge in [0, 0.05) is 5.56 Å². The molecule has 1 aromatic rings. The van der Waals surface area contributed by atoms with Crippen LogP contribution in [0.25, 0.3) is 0 Å². The van der Waals surface area contributed by atoms with Crippen LogP contribution in [0.4, 0.5) is 4.39 Å². The summed E-state index contributed by atoms with van der Waals surface area (Å²) in [6.45, 7) is 0. The molecule has 1 aromatic carbocycles. The summed E-state index contributed by atoms with van der Waals surface area (Å²) in [4.78, 5) is 0. The molecule has 0 bridgehead atoms. The molecule has 0 aliphatic heterocycles. The van der Waals surface area contributed by atoms with E-state index in [1.54, 1.807) is 12.1 Å². The third-order valence-electron chi connectivity index (χ3n) is 1.86. The minimum absolute atomic E-state index is 0.151. The maximum absolute atomic E-state index is 13.6. The summed E-state index contributed by atoms with van der Waals surface area (Å²) in [6.07, 6.45) is 5.18. The molecule has 0 radical (unpaired) electrons. The fraction of sp³-hybridized carbons (Fsp3) is 0.200. The monoisotopic (exact) mass is 194 g/mol. The lowest BCUT2D eigenvalue weighted by atomic mass is 10.1. The highest BCUT2D eigenvalue weighted by Crippen LogP contribution is 2.24. The van der Waals surface area contributed by atoms with E-state index >= 15 is 0 Å². The number of methoxy groups -OCH3 is 1. The topological polar surface area (TPSA) is 47.3 Å². The van der Waals surface area contributed by atoms with Gasteiger partial charge in [-0.25, -0.2) is 9.82 Å². The van der Waals surface area contributed by atoms with Gasteiger partial charge in [0.25, 0.3) is 0 Å². The summed E-state index contributed by atoms with van der Waals surface area (Å²) in [5.41, 5.74) is 2.63. The Hall–Kier alpha value is -1.57. The van der Waals surface area contributed by atoms with Gasteiger partial charge in [0.15, 0.2) is 11.6 Å². The van der Waals surface area contributed by atoms with Gasteiger partial charge in [-0.2, -0.15) is 0 Å². The lowest BCUT2D eigenvalue weighted by Gasteiger charge is -2.12. The molecule has 0 spiro atoms. The Morgan fingerprint density at radius 3 is 2.86 bits per heavy atom. The van der Waals surface area contributed by atoms with Crippen molar-refractivity contribution in [2.24, 2.45) is 5.84 Å². The zero-order chi connectivity index (χ0) is 10.6. The number of hydrogen-bond acceptors (Lipinski definition) is 3. The largest absolute Gasteiger partial charge is 0.494 e. The molecule has 1 atom stereocenters. The molecule has 14 heavy (non-hydrogen) atoms. The van der Waals surface area contributed by atoms with Crippen LogP contribution in [0.1, 0.15) is 11.6 Å². The average Bonchev–Trinajstić information content (AvgIpc) is 2.22. The molecule has 0 aliphatic rings. The molecular weight excluding hydrogens is 183 g/mol. The minimum Gasteiger partial charge on any atom is -0.494 e. The highest BCUT2D eigenvalue weighted by Gasteiger charge is 2.14. The van der Waals surface area contributed by atoms with Crippen LogP contribution in [0.15, 0.2) is 18.2 Å². The zero-order valence-electron chi connectivity index (χ0n) is 7.75. The SMILES string of the molecule is C#CC(NN)c1cccc(OC)c1F. The number of nitrogens with two attached hydrogens (primary N) is 1. The quantitative estimate of drug-likeness (QED) is 0.428. The maximum Gasteiger partial charge on any atom is 0.170 e. The number of nitrogens with one attached hydrogen (secondary N) is 1. The Kier molecular flexibility index (Phi) is 3.46. The Morgan fingerprint density at radius 2 is 2.36 bits per heavy atom. The Bertz CT molecular complexity index is 360. The molecule has 0 amide bonds. The predicted molar refractivity (Wildman–Crippen MR) is 51.8 cm³/mol. The van der Waals surface area contributed by atoms with Gasteiger partial charge in [0.2, 0.25) is 0 Å². The molecule has 3 N–H and O–H groups in total. The van der Waals surface area contributed by atoms with Gasteiger partial charge in [0.05, 0.1) is 7.11 Å². The zero-order valence-corrected chi connectivity index (χ0v) is 7.75. The van der Waals surface area contributed by atoms with Gasteiger partial charge in [-0.15, -0.1) is 6.42 Å². The summed E-state index contributed by atoms with van der Waals surface area (Å²) in [6, 6.07) is 4.08. The third-order valence-corrected chi connectivity index (χ3v) is 1.86. The van der Waals surface area contributed by atoms with Crippen LogP contribution < -0.4 is 16.0 Å². The Morgan fingerprint density at radius 1 is 1.64 bits per heavy atom. The van der Waals surface area contributed by atoms with Gasteiger partial charge < -0.3 is 4.74 Å². The van der Waals surface area contributed by atoms with Crippen LogP contribution in [0.2, 0.25) is 0 Å². The van der Waals surface area contributed by atoms with E-state index in [4.69, 9.17) is 17.0 Å². The summed E-state index contributed by atoms with van der Waals surface area (Å²) in [5.74, 6) is 7.17. The molecule has 4 heteroatoms. The van der Waals surface area contributed by atoms with Crippen molar-refractivity contribution >= 4 is 0 Å². The molecule has 0 fully saturated rings. The van der Waals surface area contributed by atoms with Crippen molar-refractivity contribution in [3.8, 4) is 18.1 Å². The third kappa shape index (κ3) is 1.84. The summed E-state index contributed by atoms with van der Waals surface area (Å²) in [5, 5.41) is 0. The van der Waals surface area contributed by atoms with Gasteiger partial charge in [0.1, 0.15) is 6.04 Å². The Balaban J connectivity index is 3.15. The highest BCUT2D eigenvalue weighted by molar-refractivity contribution is 5.35. The number of rotatable bonds is 3. The molecule has 0 heterocycles. The second-order valence-corrected chi connectivity index (χ2v) is 2.63. The average molecular weight is 194 g/mol. The van der Waals surface area contributed by atoms with Crippen LogP contribution in [0.3, 0.4) is 0 Å². The number of hydrogen-bond donors (Lipinski definition) is 2. The smallest absolute Gasteiger partial charge is 0.170 e. The molecule has 0 aromatic heterocycles. The van der Waals surface area contributed by atoms with Crippen molar-refractivity contribution in [3.63, 3.8) is 0 Å². The first-order valence-electron chi connectivity index (χ1n) is 3.99. The van der Waals surface area contributed by atoms with Crippen LogP contribution in [-0.2, 0) is 0 Å². The summed E-state index contributed by atoms with van der Waals surface area (Å²) in [7, 11) is 1.39. The van der Waals surface area contributed by atoms with E-state index in [0.29, 0.717) is 5.56 Å². The fourth-order valence-electron chi connectivity index (χ4n) is 1.14. The lowest BCUT2D eigenvalue weighted by molar-refractivity contribution is 0.382. The second kappa shape index (κ2) is 4.61. The van der Waals surface area contributed by atoms with Gasteiger partial charge in [-0.1, -0.05) is 18.1 Å². The van der Waals surface area contributed by atoms with Gasteiger partial charge in [-0.05, 0) is 6.07 Å². The van der Waals surface area contributed by atoms with E-state index in [2.05, 4.69) is 11.3 Å². The molecule has 0 aliphatic carbocycles. The van der Waals surface area contributed by atoms with Crippen LogP contribution >= 0.6 is 0 Å². The second-order valence-electron chi connectivity index (χ2n) is 2.63. The first-order chi connectivity index (χ1) is 6.74. The molecule has 3 nitrogen and oxygen atoms in total. The lowest BCUT2D eigenvalue weighted by Crippen LogP contribution is -2.27. The van der Waals surface area contributed by atoms with Crippen molar-refractivity contribution in [2.75, 3.05) is 7.11 Å². The number of terminal acetylenes is 1. The van der Waals surface area contributed by atoms with Gasteiger partial charge in [-0.3, -0.25) is 5.84 Å². The van der Waals surface area contributed by atoms with E-state index in [-0.39, 0.29) is 5.75 Å². The number of hydrazine groups is 1. The van der Waals surface area contributed by atoms with Gasteiger partial charge >= 0.3 is 0 Å². The van der Waals surface area contributed by atoms with Crippen molar-refractivity contribution in [3.05, 3.63) is 29.6 Å². The molecule has 0 saturated heterocycles. The maximum atomic E-state index is 13.6. The van der Waals surface area contributed by atoms with Crippen molar-refractivity contribution in [2.45, 2.75) is 6.04 Å². The molecule has 0 saturated carbocycles. The summed E-state index contributed by atoms with van der Waals surface area (Å²) >= 11 is 0. The van der Waals surface area contributed by atoms with Crippen molar-refractivity contribution in [1.29, 1.82) is 0 Å². The fourth-order valence-corrected chi connectivity index (χ4v) is 1.14. The summed E-state index contributed by atoms with van der Waals surface area (Å²) < 4.78 is 18.4. The standard InChI is InChI=1S/C10H11FN2O/c1-3-8(13-12)7-5-4-6-9(14-2)10(7)11/h1,4-6,8,13H,12H2,2H3. The van der Waals surface area contributed by atoms with E-state index in [9.17, 15) is 4.39 Å². The van der Waals surface area contributed by atoms with Crippen LogP contribution in [0, 0.1) is 18.2 Å². The van der Waals surface area contributed by atoms with Crippen LogP contribution in [0.5, 0.6) is 5.75 Å². The molecule has 1 unspecified atom stereocenters. The first-order valence-corrected chi connectivity index (χ1v) is 3.99. The molecule has 1 rings (SSSR count). The normalized spacial score (nSPS) is 11.9. The number of benzene rings is 1. The predicted octanol–water partition coefficient (Wildman–Crippen LogP) is 0.972. The molecular formula is C10H11FN2O. The van der Waals surface area contributed by atoms with E-state index in [1.807, 2.05) is 0 Å². The van der Waals surface area contributed by atoms with E-state index in [0.717, 1.165) is 0 Å². The highest BCUT2D eigenvalue weighted by atomic mass is 19.1. The van der Waals surface area contributed by atoms with E-state index in [1.165, 1.54) is 13.2 Å².